The van der Waals surface area contributed by atoms with Gasteiger partial charge in [0.15, 0.2) is 0 Å². The summed E-state index contributed by atoms with van der Waals surface area (Å²) < 4.78 is 66.7. The van der Waals surface area contributed by atoms with Crippen LogP contribution in [0.3, 0.4) is 0 Å². The molecule has 0 amide bonds. The van der Waals surface area contributed by atoms with Gasteiger partial charge in [-0.3, -0.25) is 0 Å². The van der Waals surface area contributed by atoms with Gasteiger partial charge in [0, 0.05) is 29.8 Å². The first-order chi connectivity index (χ1) is 13.7. The zero-order chi connectivity index (χ0) is 21.2. The summed E-state index contributed by atoms with van der Waals surface area (Å²) in [6.07, 6.45) is 1.30. The van der Waals surface area contributed by atoms with Gasteiger partial charge in [0.25, 0.3) is 0 Å². The Bertz CT molecular complexity index is 1150. The van der Waals surface area contributed by atoms with Crippen molar-refractivity contribution in [1.82, 2.24) is 9.71 Å². The summed E-state index contributed by atoms with van der Waals surface area (Å²) in [5.74, 6) is -1.23. The molecule has 3 rings (SSSR count). The maximum atomic E-state index is 14.3. The predicted molar refractivity (Wildman–Crippen MR) is 106 cm³/mol. The average molecular weight is 461 g/mol. The Morgan fingerprint density at radius 1 is 1.14 bits per heavy atom. The summed E-state index contributed by atoms with van der Waals surface area (Å²) in [4.78, 5) is 3.21. The van der Waals surface area contributed by atoms with Gasteiger partial charge in [-0.1, -0.05) is 17.7 Å². The number of rotatable bonds is 7. The molecule has 3 aromatic rings. The molecule has 0 fully saturated rings. The second-order valence-electron chi connectivity index (χ2n) is 5.73. The summed E-state index contributed by atoms with van der Waals surface area (Å²) in [7, 11) is -1.39. The molecule has 2 aromatic carbocycles. The number of hydrogen-bond donors (Lipinski definition) is 1. The number of nitrogens with one attached hydrogen (secondary N) is 1. The Hall–Kier alpha value is -2.27. The van der Waals surface area contributed by atoms with Gasteiger partial charge in [-0.15, -0.1) is 11.3 Å². The van der Waals surface area contributed by atoms with E-state index in [-0.39, 0.29) is 21.5 Å². The van der Waals surface area contributed by atoms with Crippen molar-refractivity contribution >= 4 is 33.0 Å². The summed E-state index contributed by atoms with van der Waals surface area (Å²) in [5, 5.41) is 0.140. The lowest BCUT2D eigenvalue weighted by Gasteiger charge is -2.13. The molecule has 0 saturated carbocycles. The van der Waals surface area contributed by atoms with Crippen LogP contribution in [-0.2, 0) is 16.6 Å². The van der Waals surface area contributed by atoms with Crippen molar-refractivity contribution in [1.29, 1.82) is 0 Å². The fourth-order valence-corrected chi connectivity index (χ4v) is 4.55. The molecule has 0 aliphatic rings. The van der Waals surface area contributed by atoms with E-state index in [4.69, 9.17) is 21.1 Å². The van der Waals surface area contributed by atoms with Crippen LogP contribution < -0.4 is 14.2 Å². The molecule has 0 unspecified atom stereocenters. The molecule has 0 bridgehead atoms. The van der Waals surface area contributed by atoms with E-state index >= 15 is 0 Å². The minimum absolute atomic E-state index is 0.140. The molecule has 1 heterocycles. The Balaban J connectivity index is 1.92. The molecule has 29 heavy (non-hydrogen) atoms. The molecule has 0 spiro atoms. The maximum Gasteiger partial charge on any atom is 0.243 e. The van der Waals surface area contributed by atoms with Crippen LogP contribution in [0, 0.1) is 11.6 Å². The van der Waals surface area contributed by atoms with E-state index in [1.807, 2.05) is 0 Å². The highest BCUT2D eigenvalue weighted by Crippen LogP contribution is 2.33. The number of benzene rings is 2. The third-order valence-corrected chi connectivity index (χ3v) is 6.53. The molecule has 0 atom stereocenters. The van der Waals surface area contributed by atoms with Crippen LogP contribution in [0.2, 0.25) is 4.34 Å². The van der Waals surface area contributed by atoms with E-state index < -0.39 is 26.6 Å². The third-order valence-electron chi connectivity index (χ3n) is 3.97. The van der Waals surface area contributed by atoms with Crippen molar-refractivity contribution < 1.29 is 26.7 Å². The molecular formula is C18H15ClF2N2O4S2. The van der Waals surface area contributed by atoms with Crippen LogP contribution >= 0.6 is 22.9 Å². The molecule has 1 aromatic heterocycles. The van der Waals surface area contributed by atoms with Gasteiger partial charge >= 0.3 is 0 Å². The molecule has 6 nitrogen and oxygen atoms in total. The van der Waals surface area contributed by atoms with E-state index in [2.05, 4.69) is 9.71 Å². The highest BCUT2D eigenvalue weighted by Gasteiger charge is 2.24. The lowest BCUT2D eigenvalue weighted by Crippen LogP contribution is -2.24. The number of aromatic nitrogens is 1. The molecule has 0 saturated heterocycles. The molecule has 154 valence electrons. The lowest BCUT2D eigenvalue weighted by atomic mass is 10.2. The second-order valence-corrected chi connectivity index (χ2v) is 9.13. The van der Waals surface area contributed by atoms with E-state index in [1.165, 1.54) is 20.4 Å². The summed E-state index contributed by atoms with van der Waals surface area (Å²) >= 11 is 6.75. The SMILES string of the molecule is COc1ccc(CNS(=O)(=O)c2cc(-c3ncc(Cl)s3)c(F)cc2F)c(OC)c1. The molecule has 11 heteroatoms. The summed E-state index contributed by atoms with van der Waals surface area (Å²) in [5.41, 5.74) is 0.344. The van der Waals surface area contributed by atoms with Crippen molar-refractivity contribution in [2.45, 2.75) is 11.4 Å². The number of hydrogen-bond acceptors (Lipinski definition) is 6. The van der Waals surface area contributed by atoms with Gasteiger partial charge in [-0.25, -0.2) is 26.9 Å². The van der Waals surface area contributed by atoms with Crippen LogP contribution in [0.4, 0.5) is 8.78 Å². The average Bonchev–Trinajstić information content (AvgIpc) is 3.12. The Morgan fingerprint density at radius 2 is 1.90 bits per heavy atom. The number of thiazole rings is 1. The molecule has 1 N–H and O–H groups in total. The zero-order valence-corrected chi connectivity index (χ0v) is 17.6. The Labute approximate surface area is 175 Å². The van der Waals surface area contributed by atoms with Crippen LogP contribution in [0.5, 0.6) is 11.5 Å². The topological polar surface area (TPSA) is 77.5 Å². The van der Waals surface area contributed by atoms with Crippen LogP contribution in [0.1, 0.15) is 5.56 Å². The van der Waals surface area contributed by atoms with Crippen LogP contribution in [0.15, 0.2) is 41.4 Å². The number of nitrogens with zero attached hydrogens (tertiary/aromatic N) is 1. The minimum Gasteiger partial charge on any atom is -0.497 e. The smallest absolute Gasteiger partial charge is 0.243 e. The van der Waals surface area contributed by atoms with Gasteiger partial charge in [0.2, 0.25) is 10.0 Å². The first-order valence-corrected chi connectivity index (χ1v) is 10.7. The molecular weight excluding hydrogens is 446 g/mol. The monoisotopic (exact) mass is 460 g/mol. The highest BCUT2D eigenvalue weighted by molar-refractivity contribution is 7.89. The van der Waals surface area contributed by atoms with Gasteiger partial charge < -0.3 is 9.47 Å². The molecule has 0 radical (unpaired) electrons. The van der Waals surface area contributed by atoms with Crippen LogP contribution in [0.25, 0.3) is 10.6 Å². The maximum absolute atomic E-state index is 14.3. The van der Waals surface area contributed by atoms with E-state index in [9.17, 15) is 17.2 Å². The Kier molecular flexibility index (Phi) is 6.37. The minimum atomic E-state index is -4.30. The van der Waals surface area contributed by atoms with E-state index in [0.717, 1.165) is 17.4 Å². The van der Waals surface area contributed by atoms with Crippen molar-refractivity contribution in [3.05, 3.63) is 58.1 Å². The molecule has 0 aliphatic heterocycles. The Morgan fingerprint density at radius 3 is 2.52 bits per heavy atom. The second kappa shape index (κ2) is 8.62. The van der Waals surface area contributed by atoms with Gasteiger partial charge in [0.05, 0.1) is 20.4 Å². The summed E-state index contributed by atoms with van der Waals surface area (Å²) in [6, 6.07) is 6.24. The number of sulfonamides is 1. The first kappa shape index (κ1) is 21.4. The zero-order valence-electron chi connectivity index (χ0n) is 15.2. The largest absolute Gasteiger partial charge is 0.497 e. The fraction of sp³-hybridized carbons (Fsp3) is 0.167. The van der Waals surface area contributed by atoms with Gasteiger partial charge in [-0.05, 0) is 12.1 Å². The van der Waals surface area contributed by atoms with Crippen molar-refractivity contribution in [2.24, 2.45) is 0 Å². The molecule has 0 aliphatic carbocycles. The number of ether oxygens (including phenoxy) is 2. The van der Waals surface area contributed by atoms with Crippen molar-refractivity contribution in [3.63, 3.8) is 0 Å². The summed E-state index contributed by atoms with van der Waals surface area (Å²) in [6.45, 7) is -0.176. The van der Waals surface area contributed by atoms with Crippen molar-refractivity contribution in [2.75, 3.05) is 14.2 Å². The lowest BCUT2D eigenvalue weighted by molar-refractivity contribution is 0.390. The number of methoxy groups -OCH3 is 2. The third kappa shape index (κ3) is 4.67. The predicted octanol–water partition coefficient (Wildman–Crippen LogP) is 4.24. The number of halogens is 3. The van der Waals surface area contributed by atoms with Crippen LogP contribution in [-0.4, -0.2) is 27.6 Å². The highest BCUT2D eigenvalue weighted by atomic mass is 35.5. The normalized spacial score (nSPS) is 11.5. The quantitative estimate of drug-likeness (QED) is 0.570. The first-order valence-electron chi connectivity index (χ1n) is 8.06. The standard InChI is InChI=1S/C18H15ClF2N2O4S2/c1-26-11-4-3-10(15(5-11)27-2)8-23-29(24,25)16-6-12(13(20)7-14(16)21)18-22-9-17(19)28-18/h3-7,9,23H,8H2,1-2H3. The van der Waals surface area contributed by atoms with E-state index in [0.29, 0.717) is 23.1 Å². The fourth-order valence-electron chi connectivity index (χ4n) is 2.53. The van der Waals surface area contributed by atoms with Gasteiger partial charge in [0.1, 0.15) is 37.4 Å². The van der Waals surface area contributed by atoms with E-state index in [1.54, 1.807) is 18.2 Å². The van der Waals surface area contributed by atoms with Gasteiger partial charge in [-0.2, -0.15) is 0 Å². The van der Waals surface area contributed by atoms with Crippen molar-refractivity contribution in [3.8, 4) is 22.1 Å².